The van der Waals surface area contributed by atoms with Gasteiger partial charge in [0.15, 0.2) is 0 Å². The van der Waals surface area contributed by atoms with Crippen LogP contribution in [-0.4, -0.2) is 16.4 Å². The van der Waals surface area contributed by atoms with Crippen LogP contribution in [0.4, 0.5) is 5.69 Å². The fourth-order valence-electron chi connectivity index (χ4n) is 6.90. The van der Waals surface area contributed by atoms with Crippen molar-refractivity contribution in [1.29, 1.82) is 10.8 Å². The van der Waals surface area contributed by atoms with Gasteiger partial charge in [-0.1, -0.05) is 127 Å². The van der Waals surface area contributed by atoms with Gasteiger partial charge in [-0.2, -0.15) is 0 Å². The molecule has 0 saturated heterocycles. The minimum absolute atomic E-state index is 0.218. The van der Waals surface area contributed by atoms with Gasteiger partial charge in [-0.15, -0.1) is 0 Å². The Morgan fingerprint density at radius 2 is 0.943 bits per heavy atom. The molecule has 1 heterocycles. The third-order valence-electron chi connectivity index (χ3n) is 9.58. The van der Waals surface area contributed by atoms with Gasteiger partial charge >= 0.3 is 0 Å². The molecule has 0 aliphatic heterocycles. The Balaban J connectivity index is 0.000000259. The minimum atomic E-state index is 0.218. The van der Waals surface area contributed by atoms with E-state index in [1.165, 1.54) is 0 Å². The van der Waals surface area contributed by atoms with Crippen LogP contribution in [0.1, 0.15) is 11.1 Å². The van der Waals surface area contributed by atoms with Crippen LogP contribution in [0.25, 0.3) is 66.1 Å². The summed E-state index contributed by atoms with van der Waals surface area (Å²) in [5, 5.41) is 22.3. The second-order valence-electron chi connectivity index (χ2n) is 13.0. The van der Waals surface area contributed by atoms with Gasteiger partial charge in [-0.25, -0.2) is 0 Å². The molecule has 0 radical (unpaired) electrons. The van der Waals surface area contributed by atoms with E-state index in [1.807, 2.05) is 79.0 Å². The zero-order valence-corrected chi connectivity index (χ0v) is 29.0. The molecule has 1 aliphatic rings. The predicted molar refractivity (Wildman–Crippen MR) is 224 cm³/mol. The Bertz CT molecular complexity index is 2680. The van der Waals surface area contributed by atoms with Crippen LogP contribution in [0, 0.1) is 10.8 Å². The summed E-state index contributed by atoms with van der Waals surface area (Å²) >= 11 is 0. The first kappa shape index (κ1) is 33.0. The summed E-state index contributed by atoms with van der Waals surface area (Å²) < 4.78 is 0. The summed E-state index contributed by atoms with van der Waals surface area (Å²) in [4.78, 5) is 4.05. The molecule has 0 atom stereocenters. The maximum Gasteiger partial charge on any atom is 0.0868 e. The highest BCUT2D eigenvalue weighted by atomic mass is 14.6. The molecule has 0 saturated carbocycles. The van der Waals surface area contributed by atoms with Gasteiger partial charge in [0, 0.05) is 23.7 Å². The van der Waals surface area contributed by atoms with E-state index < -0.39 is 0 Å². The standard InChI is InChI=1S/C38H26N2.C11H10N2/c39-37-24-31(34-21-29(25-11-3-1-4-12-25)19-27-15-7-9-17-32(27)34)23-36(38(37)40)35-22-30(26-13-5-2-6-14-26)20-28-16-8-10-18-33(28)35;12-11-5-3-9(4-6-11)10-2-1-7-13-8-10/h1-24,39-40H;1-8H,12H2. The summed E-state index contributed by atoms with van der Waals surface area (Å²) in [5.74, 6) is 0. The van der Waals surface area contributed by atoms with E-state index in [-0.39, 0.29) is 11.4 Å². The second kappa shape index (κ2) is 14.6. The Morgan fingerprint density at radius 1 is 0.434 bits per heavy atom. The van der Waals surface area contributed by atoms with Crippen LogP contribution >= 0.6 is 0 Å². The van der Waals surface area contributed by atoms with Crippen LogP contribution < -0.4 is 5.73 Å². The number of nitrogens with one attached hydrogen (secondary N) is 2. The van der Waals surface area contributed by atoms with Crippen LogP contribution in [-0.2, 0) is 0 Å². The van der Waals surface area contributed by atoms with Crippen LogP contribution in [0.2, 0.25) is 0 Å². The fraction of sp³-hybridized carbons (Fsp3) is 0. The van der Waals surface area contributed by atoms with Crippen molar-refractivity contribution in [3.63, 3.8) is 0 Å². The first-order chi connectivity index (χ1) is 26.0. The number of fused-ring (bicyclic) bond motifs is 2. The molecule has 0 bridgehead atoms. The normalized spacial score (nSPS) is 12.5. The highest BCUT2D eigenvalue weighted by molar-refractivity contribution is 6.62. The van der Waals surface area contributed by atoms with E-state index in [1.54, 1.807) is 6.20 Å². The highest BCUT2D eigenvalue weighted by Gasteiger charge is 2.22. The molecule has 252 valence electrons. The number of pyridine rings is 1. The molecular weight excluding hydrogens is 645 g/mol. The van der Waals surface area contributed by atoms with Gasteiger partial charge in [-0.3, -0.25) is 15.8 Å². The third kappa shape index (κ3) is 6.94. The molecule has 1 aliphatic carbocycles. The summed E-state index contributed by atoms with van der Waals surface area (Å²) in [5.41, 5.74) is 17.4. The molecule has 1 aromatic heterocycles. The van der Waals surface area contributed by atoms with Gasteiger partial charge in [0.25, 0.3) is 0 Å². The van der Waals surface area contributed by atoms with E-state index in [9.17, 15) is 0 Å². The Hall–Kier alpha value is -7.17. The summed E-state index contributed by atoms with van der Waals surface area (Å²) in [6.07, 6.45) is 7.55. The number of aromatic nitrogens is 1. The van der Waals surface area contributed by atoms with E-state index in [0.29, 0.717) is 0 Å². The number of nitrogen functional groups attached to an aromatic ring is 1. The van der Waals surface area contributed by atoms with Gasteiger partial charge in [0.05, 0.1) is 11.4 Å². The Labute approximate surface area is 309 Å². The van der Waals surface area contributed by atoms with Gasteiger partial charge < -0.3 is 5.73 Å². The first-order valence-corrected chi connectivity index (χ1v) is 17.6. The summed E-state index contributed by atoms with van der Waals surface area (Å²) in [7, 11) is 0. The molecule has 4 N–H and O–H groups in total. The molecule has 4 nitrogen and oxygen atoms in total. The summed E-state index contributed by atoms with van der Waals surface area (Å²) in [6, 6.07) is 58.0. The Morgan fingerprint density at radius 3 is 1.53 bits per heavy atom. The van der Waals surface area contributed by atoms with Crippen LogP contribution in [0.15, 0.2) is 194 Å². The van der Waals surface area contributed by atoms with Crippen molar-refractivity contribution >= 4 is 49.8 Å². The van der Waals surface area contributed by atoms with Crippen molar-refractivity contribution in [1.82, 2.24) is 4.98 Å². The lowest BCUT2D eigenvalue weighted by Crippen LogP contribution is -2.16. The number of allylic oxidation sites excluding steroid dienone is 4. The number of benzene rings is 7. The topological polar surface area (TPSA) is 86.6 Å². The lowest BCUT2D eigenvalue weighted by molar-refractivity contribution is 1.33. The number of nitrogens with two attached hydrogens (primary N) is 1. The average Bonchev–Trinajstić information content (AvgIpc) is 3.22. The first-order valence-electron chi connectivity index (χ1n) is 17.6. The van der Waals surface area contributed by atoms with Crippen molar-refractivity contribution in [3.05, 3.63) is 206 Å². The van der Waals surface area contributed by atoms with Crippen molar-refractivity contribution < 1.29 is 0 Å². The van der Waals surface area contributed by atoms with E-state index in [4.69, 9.17) is 16.6 Å². The minimum Gasteiger partial charge on any atom is -0.399 e. The molecule has 0 spiro atoms. The monoisotopic (exact) mass is 680 g/mol. The van der Waals surface area contributed by atoms with Gasteiger partial charge in [0.1, 0.15) is 0 Å². The van der Waals surface area contributed by atoms with Gasteiger partial charge in [-0.05, 0) is 126 Å². The van der Waals surface area contributed by atoms with Crippen molar-refractivity contribution in [2.75, 3.05) is 5.73 Å². The maximum absolute atomic E-state index is 8.99. The number of rotatable bonds is 5. The van der Waals surface area contributed by atoms with Crippen LogP contribution in [0.3, 0.4) is 0 Å². The molecule has 53 heavy (non-hydrogen) atoms. The quantitative estimate of drug-likeness (QED) is 0.125. The van der Waals surface area contributed by atoms with Crippen molar-refractivity contribution in [2.45, 2.75) is 0 Å². The average molecular weight is 681 g/mol. The maximum atomic E-state index is 8.99. The zero-order chi connectivity index (χ0) is 36.1. The lowest BCUT2D eigenvalue weighted by Gasteiger charge is -2.20. The molecule has 7 aromatic carbocycles. The number of anilines is 1. The molecule has 0 amide bonds. The van der Waals surface area contributed by atoms with E-state index in [0.717, 1.165) is 82.9 Å². The number of hydrogen-bond acceptors (Lipinski definition) is 4. The van der Waals surface area contributed by atoms with Crippen molar-refractivity contribution in [2.24, 2.45) is 0 Å². The third-order valence-corrected chi connectivity index (χ3v) is 9.58. The van der Waals surface area contributed by atoms with E-state index in [2.05, 4.69) is 114 Å². The molecule has 0 fully saturated rings. The smallest absolute Gasteiger partial charge is 0.0868 e. The van der Waals surface area contributed by atoms with Crippen LogP contribution in [0.5, 0.6) is 0 Å². The Kier molecular flexibility index (Phi) is 9.08. The molecular formula is C49H36N4. The fourth-order valence-corrected chi connectivity index (χ4v) is 6.90. The zero-order valence-electron chi connectivity index (χ0n) is 29.0. The summed E-state index contributed by atoms with van der Waals surface area (Å²) in [6.45, 7) is 0. The molecule has 0 unspecified atom stereocenters. The second-order valence-corrected chi connectivity index (χ2v) is 13.0. The van der Waals surface area contributed by atoms with E-state index >= 15 is 0 Å². The van der Waals surface area contributed by atoms with Crippen molar-refractivity contribution in [3.8, 4) is 33.4 Å². The number of hydrogen-bond donors (Lipinski definition) is 3. The largest absolute Gasteiger partial charge is 0.399 e. The number of nitrogens with zero attached hydrogens (tertiary/aromatic N) is 1. The molecule has 9 rings (SSSR count). The lowest BCUT2D eigenvalue weighted by atomic mass is 9.83. The highest BCUT2D eigenvalue weighted by Crippen LogP contribution is 2.38. The predicted octanol–water partition coefficient (Wildman–Crippen LogP) is 12.2. The van der Waals surface area contributed by atoms with Gasteiger partial charge in [0.2, 0.25) is 0 Å². The molecule has 8 aromatic rings. The SMILES string of the molecule is N=C1C=C(c2cc(-c3ccccc3)cc3ccccc23)C=C(c2cc(-c3ccccc3)cc3ccccc23)C1=N.Nc1ccc(-c2cccnc2)cc1. The molecule has 4 heteroatoms.